The van der Waals surface area contributed by atoms with Crippen LogP contribution in [0.2, 0.25) is 0 Å². The molecule has 1 aliphatic rings. The maximum absolute atomic E-state index is 13.2. The van der Waals surface area contributed by atoms with Gasteiger partial charge >= 0.3 is 13.6 Å². The van der Waals surface area contributed by atoms with Crippen molar-refractivity contribution < 1.29 is 28.3 Å². The molecule has 1 aromatic carbocycles. The maximum atomic E-state index is 13.2. The zero-order valence-corrected chi connectivity index (χ0v) is 20.6. The third-order valence-corrected chi connectivity index (χ3v) is 6.53. The molecule has 31 heavy (non-hydrogen) atoms. The van der Waals surface area contributed by atoms with Crippen LogP contribution in [0.3, 0.4) is 0 Å². The number of aryl methyl sites for hydroxylation is 1. The molecule has 0 amide bonds. The van der Waals surface area contributed by atoms with Crippen LogP contribution < -0.4 is 4.52 Å². The first-order valence-corrected chi connectivity index (χ1v) is 13.1. The van der Waals surface area contributed by atoms with Crippen LogP contribution in [0, 0.1) is 0 Å². The summed E-state index contributed by atoms with van der Waals surface area (Å²) in [7, 11) is -3.67. The van der Waals surface area contributed by atoms with Crippen LogP contribution in [0.1, 0.15) is 90.2 Å². The number of allylic oxidation sites excluding steroid dienone is 2. The van der Waals surface area contributed by atoms with Crippen LogP contribution in [0.25, 0.3) is 0 Å². The minimum absolute atomic E-state index is 0.0186. The third-order valence-electron chi connectivity index (χ3n) is 5.23. The Kier molecular flexibility index (Phi) is 8.79. The van der Waals surface area contributed by atoms with Crippen LogP contribution in [-0.4, -0.2) is 23.5 Å². The highest BCUT2D eigenvalue weighted by Gasteiger charge is 2.34. The number of phenols is 1. The number of aromatic hydroxyl groups is 1. The Labute approximate surface area is 186 Å². The first-order chi connectivity index (χ1) is 14.4. The summed E-state index contributed by atoms with van der Waals surface area (Å²) in [5, 5.41) is 10.9. The van der Waals surface area contributed by atoms with Crippen molar-refractivity contribution in [1.82, 2.24) is 0 Å². The molecule has 0 aromatic heterocycles. The smallest absolute Gasteiger partial charge is 0.379 e. The van der Waals surface area contributed by atoms with Gasteiger partial charge in [-0.1, -0.05) is 31.4 Å². The molecular weight excluding hydrogens is 415 g/mol. The van der Waals surface area contributed by atoms with E-state index in [0.29, 0.717) is 11.3 Å². The number of unbranched alkanes of at least 4 members (excludes halogenated alkanes) is 2. The molecular formula is C24H37O6P. The van der Waals surface area contributed by atoms with Gasteiger partial charge in [-0.25, -0.2) is 4.57 Å². The number of esters is 1. The fraction of sp³-hybridized carbons (Fsp3) is 0.625. The van der Waals surface area contributed by atoms with E-state index >= 15 is 0 Å². The zero-order chi connectivity index (χ0) is 23.2. The van der Waals surface area contributed by atoms with Crippen LogP contribution in [0.15, 0.2) is 23.8 Å². The molecule has 174 valence electrons. The van der Waals surface area contributed by atoms with Gasteiger partial charge in [0.2, 0.25) is 5.79 Å². The second-order valence-electron chi connectivity index (χ2n) is 8.94. The summed E-state index contributed by atoms with van der Waals surface area (Å²) in [5.41, 5.74) is 2.83. The fourth-order valence-electron chi connectivity index (χ4n) is 4.14. The predicted molar refractivity (Wildman–Crippen MR) is 123 cm³/mol. The van der Waals surface area contributed by atoms with E-state index in [1.807, 2.05) is 6.07 Å². The molecule has 0 saturated carbocycles. The number of phenolic OH excluding ortho intramolecular Hbond substituents is 1. The summed E-state index contributed by atoms with van der Waals surface area (Å²) in [5.74, 6) is -1.44. The minimum atomic E-state index is -3.67. The highest BCUT2D eigenvalue weighted by Crippen LogP contribution is 2.52. The molecule has 1 N–H and O–H groups in total. The number of hydrogen-bond donors (Lipinski definition) is 1. The van der Waals surface area contributed by atoms with E-state index in [1.165, 1.54) is 33.0 Å². The van der Waals surface area contributed by atoms with Gasteiger partial charge < -0.3 is 14.4 Å². The van der Waals surface area contributed by atoms with Gasteiger partial charge in [-0.15, -0.1) is 0 Å². The number of benzene rings is 1. The van der Waals surface area contributed by atoms with Crippen molar-refractivity contribution in [2.45, 2.75) is 91.3 Å². The molecule has 0 saturated heterocycles. The highest BCUT2D eigenvalue weighted by atomic mass is 31.2. The number of rotatable bonds is 10. The van der Waals surface area contributed by atoms with E-state index in [-0.39, 0.29) is 11.7 Å². The van der Waals surface area contributed by atoms with E-state index in [4.69, 9.17) is 13.8 Å². The molecule has 0 fully saturated rings. The lowest BCUT2D eigenvalue weighted by Crippen LogP contribution is -2.30. The lowest BCUT2D eigenvalue weighted by molar-refractivity contribution is -0.184. The van der Waals surface area contributed by atoms with Gasteiger partial charge in [0.1, 0.15) is 11.5 Å². The second-order valence-corrected chi connectivity index (χ2v) is 10.9. The van der Waals surface area contributed by atoms with E-state index in [0.717, 1.165) is 50.5 Å². The number of carbonyl (C=O) groups is 1. The van der Waals surface area contributed by atoms with Crippen molar-refractivity contribution in [2.75, 3.05) is 6.66 Å². The third kappa shape index (κ3) is 8.01. The molecule has 0 spiro atoms. The summed E-state index contributed by atoms with van der Waals surface area (Å²) in [6, 6.07) is 3.65. The molecule has 1 aliphatic carbocycles. The molecule has 0 aliphatic heterocycles. The normalized spacial score (nSPS) is 18.8. The number of hydrogen-bond acceptors (Lipinski definition) is 6. The van der Waals surface area contributed by atoms with Gasteiger partial charge in [0.05, 0.1) is 6.66 Å². The largest absolute Gasteiger partial charge is 0.507 e. The summed E-state index contributed by atoms with van der Waals surface area (Å²) < 4.78 is 29.8. The maximum Gasteiger partial charge on any atom is 0.379 e. The summed E-state index contributed by atoms with van der Waals surface area (Å²) in [6.07, 6.45) is 9.06. The fourth-order valence-corrected chi connectivity index (χ4v) is 5.52. The van der Waals surface area contributed by atoms with Crippen molar-refractivity contribution in [2.24, 2.45) is 0 Å². The van der Waals surface area contributed by atoms with Gasteiger partial charge in [0.15, 0.2) is 0 Å². The molecule has 2 unspecified atom stereocenters. The standard InChI is InChI=1S/C24H37O6P/c1-7-8-9-12-19-15-21(26)23(20-13-10-11-17(2)14-20)22(16-19)29-31(6,27)30-24(4,5)28-18(3)25/h14-16,20,26H,7-13H2,1-6H3. The Hall–Kier alpha value is -1.78. The topological polar surface area (TPSA) is 82.1 Å². The van der Waals surface area contributed by atoms with E-state index in [1.54, 1.807) is 6.07 Å². The Bertz CT molecular complexity index is 858. The minimum Gasteiger partial charge on any atom is -0.507 e. The van der Waals surface area contributed by atoms with Crippen molar-refractivity contribution in [3.8, 4) is 11.5 Å². The quantitative estimate of drug-likeness (QED) is 0.137. The molecule has 1 aromatic rings. The van der Waals surface area contributed by atoms with Crippen molar-refractivity contribution >= 4 is 13.6 Å². The van der Waals surface area contributed by atoms with Crippen molar-refractivity contribution in [3.05, 3.63) is 34.9 Å². The average Bonchev–Trinajstić information content (AvgIpc) is 2.59. The predicted octanol–water partition coefficient (Wildman–Crippen LogP) is 6.86. The van der Waals surface area contributed by atoms with E-state index in [2.05, 4.69) is 19.9 Å². The Morgan fingerprint density at radius 3 is 2.61 bits per heavy atom. The van der Waals surface area contributed by atoms with Gasteiger partial charge in [-0.3, -0.25) is 9.32 Å². The molecule has 0 radical (unpaired) electrons. The van der Waals surface area contributed by atoms with Gasteiger partial charge in [0.25, 0.3) is 0 Å². The van der Waals surface area contributed by atoms with Gasteiger partial charge in [-0.2, -0.15) is 0 Å². The lowest BCUT2D eigenvalue weighted by Gasteiger charge is -2.29. The Balaban J connectivity index is 2.40. The highest BCUT2D eigenvalue weighted by molar-refractivity contribution is 7.53. The molecule has 2 atom stereocenters. The van der Waals surface area contributed by atoms with Gasteiger partial charge in [-0.05, 0) is 56.7 Å². The average molecular weight is 453 g/mol. The molecule has 7 heteroatoms. The summed E-state index contributed by atoms with van der Waals surface area (Å²) in [6.45, 7) is 9.87. The first kappa shape index (κ1) is 25.5. The lowest BCUT2D eigenvalue weighted by atomic mass is 9.84. The van der Waals surface area contributed by atoms with Crippen LogP contribution in [-0.2, 0) is 25.0 Å². The Morgan fingerprint density at radius 1 is 1.29 bits per heavy atom. The van der Waals surface area contributed by atoms with Crippen molar-refractivity contribution in [3.63, 3.8) is 0 Å². The molecule has 2 rings (SSSR count). The summed E-state index contributed by atoms with van der Waals surface area (Å²) in [4.78, 5) is 11.3. The molecule has 0 bridgehead atoms. The number of carbonyl (C=O) groups excluding carboxylic acids is 1. The van der Waals surface area contributed by atoms with Gasteiger partial charge in [0, 0.05) is 32.3 Å². The van der Waals surface area contributed by atoms with E-state index in [9.17, 15) is 14.5 Å². The van der Waals surface area contributed by atoms with Crippen molar-refractivity contribution in [1.29, 1.82) is 0 Å². The SMILES string of the molecule is CCCCCc1cc(O)c(C2C=C(C)CCC2)c(OP(C)(=O)OC(C)(C)OC(C)=O)c1. The molecule has 0 heterocycles. The monoisotopic (exact) mass is 452 g/mol. The zero-order valence-electron chi connectivity index (χ0n) is 19.7. The summed E-state index contributed by atoms with van der Waals surface area (Å²) >= 11 is 0. The van der Waals surface area contributed by atoms with Crippen LogP contribution in [0.4, 0.5) is 0 Å². The number of ether oxygens (including phenoxy) is 1. The van der Waals surface area contributed by atoms with Crippen LogP contribution >= 0.6 is 7.60 Å². The molecule has 6 nitrogen and oxygen atoms in total. The van der Waals surface area contributed by atoms with Crippen LogP contribution in [0.5, 0.6) is 11.5 Å². The second kappa shape index (κ2) is 10.7. The van der Waals surface area contributed by atoms with E-state index < -0.39 is 19.4 Å². The first-order valence-electron chi connectivity index (χ1n) is 11.1. The Morgan fingerprint density at radius 2 is 2.00 bits per heavy atom.